The number of aromatic amines is 1. The van der Waals surface area contributed by atoms with E-state index in [9.17, 15) is 37.1 Å². The van der Waals surface area contributed by atoms with Gasteiger partial charge in [-0.25, -0.2) is 9.18 Å². The van der Waals surface area contributed by atoms with Crippen LogP contribution in [-0.2, 0) is 39.8 Å². The number of hydrogen-bond acceptors (Lipinski definition) is 4. The molecule has 0 aliphatic heterocycles. The second-order valence-electron chi connectivity index (χ2n) is 10.4. The summed E-state index contributed by atoms with van der Waals surface area (Å²) < 4.78 is 54.7. The number of amides is 1. The summed E-state index contributed by atoms with van der Waals surface area (Å²) >= 11 is 0. The van der Waals surface area contributed by atoms with Crippen molar-refractivity contribution in [3.63, 3.8) is 0 Å². The number of aromatic nitrogens is 1. The van der Waals surface area contributed by atoms with Crippen LogP contribution in [0.2, 0.25) is 0 Å². The van der Waals surface area contributed by atoms with E-state index in [0.717, 1.165) is 6.07 Å². The molecule has 0 fully saturated rings. The minimum Gasteiger partial charge on any atom is -0.479 e. The monoisotopic (exact) mass is 561 g/mol. The zero-order chi connectivity index (χ0) is 29.2. The van der Waals surface area contributed by atoms with Gasteiger partial charge in [0, 0.05) is 23.9 Å². The molecule has 0 spiro atoms. The molecule has 0 bridgehead atoms. The van der Waals surface area contributed by atoms with E-state index in [1.807, 2.05) is 6.92 Å². The highest BCUT2D eigenvalue weighted by atomic mass is 19.4. The first-order valence-corrected chi connectivity index (χ1v) is 13.1. The lowest BCUT2D eigenvalue weighted by Gasteiger charge is -2.36. The average Bonchev–Trinajstić information content (AvgIpc) is 3.27. The van der Waals surface area contributed by atoms with Gasteiger partial charge in [0.15, 0.2) is 5.78 Å². The molecule has 214 valence electrons. The fraction of sp³-hybridized carbons (Fsp3) is 0.414. The molecule has 1 aromatic heterocycles. The Balaban J connectivity index is 1.55. The number of carbonyl (C=O) groups excluding carboxylic acids is 2. The van der Waals surface area contributed by atoms with Gasteiger partial charge in [0.1, 0.15) is 11.4 Å². The second-order valence-corrected chi connectivity index (χ2v) is 10.4. The Hall–Kier alpha value is -3.73. The van der Waals surface area contributed by atoms with E-state index in [2.05, 4.69) is 15.6 Å². The third kappa shape index (κ3) is 5.89. The van der Waals surface area contributed by atoms with Crippen molar-refractivity contribution in [3.05, 3.63) is 70.7 Å². The third-order valence-corrected chi connectivity index (χ3v) is 7.75. The highest BCUT2D eigenvalue weighted by Crippen LogP contribution is 2.40. The molecule has 11 heteroatoms. The molecular weight excluding hydrogens is 530 g/mol. The molecule has 0 saturated heterocycles. The predicted molar refractivity (Wildman–Crippen MR) is 140 cm³/mol. The molecule has 2 aromatic carbocycles. The molecule has 4 rings (SSSR count). The summed E-state index contributed by atoms with van der Waals surface area (Å²) in [7, 11) is 0. The number of H-pyrrole nitrogens is 1. The molecule has 1 amide bonds. The Morgan fingerprint density at radius 1 is 1.12 bits per heavy atom. The number of fused-ring (bicyclic) bond motifs is 3. The maximum Gasteiger partial charge on any atom is 0.418 e. The number of hydrogen-bond donors (Lipinski definition) is 4. The number of para-hydroxylation sites is 1. The number of alkyl halides is 3. The lowest BCUT2D eigenvalue weighted by atomic mass is 9.79. The van der Waals surface area contributed by atoms with Gasteiger partial charge in [0.25, 0.3) is 0 Å². The zero-order valence-corrected chi connectivity index (χ0v) is 22.1. The van der Waals surface area contributed by atoms with Crippen LogP contribution < -0.4 is 10.6 Å². The van der Waals surface area contributed by atoms with E-state index in [4.69, 9.17) is 0 Å². The van der Waals surface area contributed by atoms with Crippen LogP contribution >= 0.6 is 0 Å². The highest BCUT2D eigenvalue weighted by Gasteiger charge is 2.46. The standard InChI is InChI=1S/C29H31F4N3O4/c1-3-16(2)24(34-15-18(37)13-17-7-4-5-10-22(17)30)26(38)36-28(27(39)40)12-11-23-20(14-28)19-8-6-9-21(25(19)35-23)29(31,32)33/h4-10,16,24,34-35H,3,11-15H2,1-2H3,(H,36,38)(H,39,40)/t16?,24?,28-/m1/s1. The number of Topliss-reactive ketones (excluding diaryl/α,β-unsaturated/α-hetero) is 1. The molecule has 2 unspecified atom stereocenters. The summed E-state index contributed by atoms with van der Waals surface area (Å²) in [4.78, 5) is 41.4. The Kier molecular flexibility index (Phi) is 8.34. The number of carboxylic acid groups (broad SMARTS) is 1. The molecule has 3 aromatic rings. The van der Waals surface area contributed by atoms with Gasteiger partial charge in [-0.05, 0) is 42.0 Å². The summed E-state index contributed by atoms with van der Waals surface area (Å²) in [6, 6.07) is 8.71. The minimum atomic E-state index is -4.59. The van der Waals surface area contributed by atoms with Crippen molar-refractivity contribution in [2.24, 2.45) is 5.92 Å². The van der Waals surface area contributed by atoms with Gasteiger partial charge in [-0.1, -0.05) is 50.6 Å². The average molecular weight is 562 g/mol. The van der Waals surface area contributed by atoms with Crippen molar-refractivity contribution in [1.82, 2.24) is 15.6 Å². The normalized spacial score (nSPS) is 18.6. The summed E-state index contributed by atoms with van der Waals surface area (Å²) in [5, 5.41) is 16.1. The van der Waals surface area contributed by atoms with Crippen molar-refractivity contribution in [2.45, 2.75) is 63.7 Å². The van der Waals surface area contributed by atoms with Crippen LogP contribution in [0.1, 0.15) is 49.1 Å². The topological polar surface area (TPSA) is 111 Å². The van der Waals surface area contributed by atoms with Gasteiger partial charge in [-0.2, -0.15) is 13.2 Å². The third-order valence-electron chi connectivity index (χ3n) is 7.75. The largest absolute Gasteiger partial charge is 0.479 e. The van der Waals surface area contributed by atoms with Crippen LogP contribution in [0, 0.1) is 11.7 Å². The summed E-state index contributed by atoms with van der Waals surface area (Å²) in [6.07, 6.45) is -4.34. The van der Waals surface area contributed by atoms with Crippen LogP contribution in [0.3, 0.4) is 0 Å². The molecule has 1 aliphatic carbocycles. The minimum absolute atomic E-state index is 0.0330. The number of aliphatic carboxylic acids is 1. The van der Waals surface area contributed by atoms with Gasteiger partial charge in [0.2, 0.25) is 5.91 Å². The van der Waals surface area contributed by atoms with Gasteiger partial charge < -0.3 is 15.4 Å². The van der Waals surface area contributed by atoms with Crippen molar-refractivity contribution in [1.29, 1.82) is 0 Å². The van der Waals surface area contributed by atoms with Gasteiger partial charge in [0.05, 0.1) is 23.7 Å². The molecular formula is C29H31F4N3O4. The van der Waals surface area contributed by atoms with Crippen LogP contribution in [0.5, 0.6) is 0 Å². The fourth-order valence-electron chi connectivity index (χ4n) is 5.29. The van der Waals surface area contributed by atoms with Crippen molar-refractivity contribution in [2.75, 3.05) is 6.54 Å². The SMILES string of the molecule is CCC(C)C(NCC(=O)Cc1ccccc1F)C(=O)N[C@]1(C(=O)O)CCc2[nH]c3c(C(F)(F)F)cccc3c2C1. The van der Waals surface area contributed by atoms with E-state index >= 15 is 0 Å². The maximum absolute atomic E-state index is 13.9. The number of benzene rings is 2. The van der Waals surface area contributed by atoms with E-state index in [-0.39, 0.29) is 60.4 Å². The van der Waals surface area contributed by atoms with Crippen LogP contribution in [0.4, 0.5) is 17.6 Å². The molecule has 0 radical (unpaired) electrons. The molecule has 4 N–H and O–H groups in total. The first-order chi connectivity index (χ1) is 18.9. The predicted octanol–water partition coefficient (Wildman–Crippen LogP) is 4.57. The van der Waals surface area contributed by atoms with E-state index < -0.39 is 41.0 Å². The quantitative estimate of drug-likeness (QED) is 0.271. The van der Waals surface area contributed by atoms with Crippen molar-refractivity contribution >= 4 is 28.6 Å². The van der Waals surface area contributed by atoms with Crippen LogP contribution in [0.25, 0.3) is 10.9 Å². The lowest BCUT2D eigenvalue weighted by Crippen LogP contribution is -2.62. The van der Waals surface area contributed by atoms with Crippen LogP contribution in [-0.4, -0.2) is 45.9 Å². The zero-order valence-electron chi connectivity index (χ0n) is 22.1. The molecule has 0 saturated carbocycles. The highest BCUT2D eigenvalue weighted by molar-refractivity contribution is 5.93. The summed E-state index contributed by atoms with van der Waals surface area (Å²) in [6.45, 7) is 3.39. The number of rotatable bonds is 10. The van der Waals surface area contributed by atoms with E-state index in [1.54, 1.807) is 13.0 Å². The molecule has 40 heavy (non-hydrogen) atoms. The summed E-state index contributed by atoms with van der Waals surface area (Å²) in [5.74, 6) is -3.07. The van der Waals surface area contributed by atoms with E-state index in [1.165, 1.54) is 30.3 Å². The number of carboxylic acids is 1. The lowest BCUT2D eigenvalue weighted by molar-refractivity contribution is -0.149. The van der Waals surface area contributed by atoms with Gasteiger partial charge in [-0.15, -0.1) is 0 Å². The van der Waals surface area contributed by atoms with E-state index in [0.29, 0.717) is 17.7 Å². The Morgan fingerprint density at radius 3 is 2.50 bits per heavy atom. The molecule has 1 heterocycles. The first kappa shape index (κ1) is 29.3. The van der Waals surface area contributed by atoms with Gasteiger partial charge in [-0.3, -0.25) is 14.9 Å². The Labute approximate surface area is 228 Å². The Bertz CT molecular complexity index is 1430. The Morgan fingerprint density at radius 2 is 1.85 bits per heavy atom. The van der Waals surface area contributed by atoms with Gasteiger partial charge >= 0.3 is 12.1 Å². The maximum atomic E-state index is 13.9. The number of aryl methyl sites for hydroxylation is 1. The number of carbonyl (C=O) groups is 3. The number of halogens is 4. The number of nitrogens with one attached hydrogen (secondary N) is 3. The second kappa shape index (κ2) is 11.4. The first-order valence-electron chi connectivity index (χ1n) is 13.1. The van der Waals surface area contributed by atoms with Crippen molar-refractivity contribution < 1.29 is 37.1 Å². The smallest absolute Gasteiger partial charge is 0.418 e. The number of ketones is 1. The summed E-state index contributed by atoms with van der Waals surface area (Å²) in [5.41, 5.74) is -1.55. The van der Waals surface area contributed by atoms with Crippen molar-refractivity contribution in [3.8, 4) is 0 Å². The molecule has 7 nitrogen and oxygen atoms in total. The molecule has 1 aliphatic rings. The molecule has 3 atom stereocenters. The fourth-order valence-corrected chi connectivity index (χ4v) is 5.29. The van der Waals surface area contributed by atoms with Crippen LogP contribution in [0.15, 0.2) is 42.5 Å².